The number of amides is 2. The molecular formula is C21H23N3O2. The summed E-state index contributed by atoms with van der Waals surface area (Å²) in [7, 11) is 0. The molecule has 3 rings (SSSR count). The van der Waals surface area contributed by atoms with Crippen molar-refractivity contribution in [3.8, 4) is 11.8 Å². The number of anilines is 1. The summed E-state index contributed by atoms with van der Waals surface area (Å²) in [5.41, 5.74) is 2.74. The second kappa shape index (κ2) is 8.39. The molecule has 2 amide bonds. The van der Waals surface area contributed by atoms with Crippen LogP contribution in [0.5, 0.6) is 5.75 Å². The van der Waals surface area contributed by atoms with Crippen molar-refractivity contribution >= 4 is 11.7 Å². The highest BCUT2D eigenvalue weighted by atomic mass is 16.5. The molecule has 0 spiro atoms. The van der Waals surface area contributed by atoms with Crippen molar-refractivity contribution in [2.45, 2.75) is 26.4 Å². The highest BCUT2D eigenvalue weighted by Crippen LogP contribution is 2.19. The van der Waals surface area contributed by atoms with E-state index in [4.69, 9.17) is 10.00 Å². The summed E-state index contributed by atoms with van der Waals surface area (Å²) in [6.07, 6.45) is 1.46. The van der Waals surface area contributed by atoms with Crippen LogP contribution in [0.3, 0.4) is 0 Å². The number of nitriles is 1. The second-order valence-corrected chi connectivity index (χ2v) is 6.74. The van der Waals surface area contributed by atoms with Gasteiger partial charge < -0.3 is 15.0 Å². The minimum absolute atomic E-state index is 0.0412. The first kappa shape index (κ1) is 17.8. The Balaban J connectivity index is 1.55. The predicted molar refractivity (Wildman–Crippen MR) is 101 cm³/mol. The molecule has 2 aromatic rings. The van der Waals surface area contributed by atoms with E-state index in [2.05, 4.69) is 18.3 Å². The van der Waals surface area contributed by atoms with Crippen LogP contribution in [0.4, 0.5) is 10.5 Å². The summed E-state index contributed by atoms with van der Waals surface area (Å²) < 4.78 is 5.79. The largest absolute Gasteiger partial charge is 0.489 e. The number of carbonyl (C=O) groups excluding carboxylic acids is 1. The third kappa shape index (κ3) is 4.76. The highest BCUT2D eigenvalue weighted by Gasteiger charge is 2.23. The predicted octanol–water partition coefficient (Wildman–Crippen LogP) is 4.21. The number of nitrogens with one attached hydrogen (secondary N) is 1. The Kier molecular flexibility index (Phi) is 5.75. The minimum atomic E-state index is -0.0412. The molecule has 1 atom stereocenters. The number of nitrogens with zero attached hydrogens (tertiary/aromatic N) is 2. The highest BCUT2D eigenvalue weighted by molar-refractivity contribution is 5.89. The van der Waals surface area contributed by atoms with E-state index in [0.717, 1.165) is 42.1 Å². The van der Waals surface area contributed by atoms with E-state index in [9.17, 15) is 4.79 Å². The van der Waals surface area contributed by atoms with Gasteiger partial charge in [0.05, 0.1) is 12.5 Å². The average molecular weight is 349 g/mol. The third-order valence-electron chi connectivity index (χ3n) is 4.50. The van der Waals surface area contributed by atoms with Crippen molar-refractivity contribution in [3.05, 3.63) is 59.7 Å². The Labute approximate surface area is 154 Å². The molecule has 5 heteroatoms. The fourth-order valence-corrected chi connectivity index (χ4v) is 3.02. The van der Waals surface area contributed by atoms with E-state index in [1.807, 2.05) is 53.4 Å². The van der Waals surface area contributed by atoms with Crippen molar-refractivity contribution in [1.29, 1.82) is 5.26 Å². The topological polar surface area (TPSA) is 65.4 Å². The Morgan fingerprint density at radius 3 is 2.77 bits per heavy atom. The fraction of sp³-hybridized carbons (Fsp3) is 0.333. The molecule has 1 heterocycles. The zero-order chi connectivity index (χ0) is 18.4. The lowest BCUT2D eigenvalue weighted by molar-refractivity contribution is 0.221. The van der Waals surface area contributed by atoms with Gasteiger partial charge in [0.25, 0.3) is 0 Å². The molecule has 1 fully saturated rings. The van der Waals surface area contributed by atoms with Crippen LogP contribution in [0.15, 0.2) is 48.5 Å². The van der Waals surface area contributed by atoms with E-state index in [1.165, 1.54) is 0 Å². The molecule has 0 radical (unpaired) electrons. The summed E-state index contributed by atoms with van der Waals surface area (Å²) in [6.45, 7) is 4.22. The summed E-state index contributed by atoms with van der Waals surface area (Å²) >= 11 is 0. The quantitative estimate of drug-likeness (QED) is 0.879. The van der Waals surface area contributed by atoms with Crippen molar-refractivity contribution in [3.63, 3.8) is 0 Å². The fourth-order valence-electron chi connectivity index (χ4n) is 3.02. The summed E-state index contributed by atoms with van der Waals surface area (Å²) in [6, 6.07) is 17.3. The van der Waals surface area contributed by atoms with E-state index in [1.54, 1.807) is 0 Å². The van der Waals surface area contributed by atoms with Crippen LogP contribution in [-0.4, -0.2) is 24.0 Å². The van der Waals surface area contributed by atoms with E-state index in [0.29, 0.717) is 18.9 Å². The number of hydrogen-bond donors (Lipinski definition) is 1. The van der Waals surface area contributed by atoms with Crippen molar-refractivity contribution in [1.82, 2.24) is 4.90 Å². The Morgan fingerprint density at radius 2 is 2.08 bits per heavy atom. The number of hydrogen-bond acceptors (Lipinski definition) is 3. The van der Waals surface area contributed by atoms with Crippen molar-refractivity contribution < 1.29 is 9.53 Å². The summed E-state index contributed by atoms with van der Waals surface area (Å²) in [4.78, 5) is 14.2. The molecule has 1 saturated heterocycles. The van der Waals surface area contributed by atoms with E-state index < -0.39 is 0 Å². The van der Waals surface area contributed by atoms with Gasteiger partial charge in [-0.25, -0.2) is 4.79 Å². The lowest BCUT2D eigenvalue weighted by Crippen LogP contribution is -2.32. The maximum Gasteiger partial charge on any atom is 0.321 e. The number of urea groups is 1. The van der Waals surface area contributed by atoms with Gasteiger partial charge in [0.2, 0.25) is 0 Å². The van der Waals surface area contributed by atoms with Gasteiger partial charge in [0.1, 0.15) is 12.4 Å². The lowest BCUT2D eigenvalue weighted by Gasteiger charge is -2.17. The van der Waals surface area contributed by atoms with Gasteiger partial charge in [-0.15, -0.1) is 0 Å². The molecular weight excluding hydrogens is 326 g/mol. The number of ether oxygens (including phenoxy) is 1. The van der Waals surface area contributed by atoms with Gasteiger partial charge in [-0.05, 0) is 47.7 Å². The van der Waals surface area contributed by atoms with Crippen molar-refractivity contribution in [2.24, 2.45) is 5.92 Å². The number of rotatable bonds is 5. The Morgan fingerprint density at radius 1 is 1.27 bits per heavy atom. The van der Waals surface area contributed by atoms with Gasteiger partial charge in [-0.2, -0.15) is 5.26 Å². The lowest BCUT2D eigenvalue weighted by atomic mass is 10.1. The first-order valence-corrected chi connectivity index (χ1v) is 8.87. The first-order chi connectivity index (χ1) is 12.6. The van der Waals surface area contributed by atoms with E-state index >= 15 is 0 Å². The molecule has 26 heavy (non-hydrogen) atoms. The molecule has 0 bridgehead atoms. The van der Waals surface area contributed by atoms with Gasteiger partial charge in [-0.1, -0.05) is 31.2 Å². The molecule has 2 aromatic carbocycles. The van der Waals surface area contributed by atoms with Crippen molar-refractivity contribution in [2.75, 3.05) is 18.4 Å². The Bertz CT molecular complexity index is 796. The van der Waals surface area contributed by atoms with Crippen LogP contribution < -0.4 is 10.1 Å². The molecule has 134 valence electrons. The number of benzene rings is 2. The molecule has 0 aliphatic carbocycles. The van der Waals surface area contributed by atoms with Crippen LogP contribution in [0.25, 0.3) is 0 Å². The number of carbonyl (C=O) groups is 1. The number of likely N-dealkylation sites (tertiary alicyclic amines) is 1. The molecule has 0 unspecified atom stereocenters. The first-order valence-electron chi connectivity index (χ1n) is 8.87. The molecule has 0 aromatic heterocycles. The average Bonchev–Trinajstić information content (AvgIpc) is 3.08. The van der Waals surface area contributed by atoms with Crippen LogP contribution in [-0.2, 0) is 13.0 Å². The maximum absolute atomic E-state index is 12.3. The van der Waals surface area contributed by atoms with Crippen LogP contribution in [0.2, 0.25) is 0 Å². The molecule has 5 nitrogen and oxygen atoms in total. The smallest absolute Gasteiger partial charge is 0.321 e. The Hall–Kier alpha value is -3.00. The molecule has 1 aliphatic heterocycles. The zero-order valence-corrected chi connectivity index (χ0v) is 14.9. The molecule has 1 aliphatic rings. The van der Waals surface area contributed by atoms with Gasteiger partial charge in [0, 0.05) is 18.8 Å². The molecule has 0 saturated carbocycles. The standard InChI is InChI=1S/C21H23N3O2/c1-16-10-12-24(14-16)21(25)23-19-4-2-3-18(13-19)15-26-20-7-5-17(6-8-20)9-11-22/h2-8,13,16H,9-10,12,14-15H2,1H3,(H,23,25)/t16-/m0/s1. The van der Waals surface area contributed by atoms with Gasteiger partial charge in [-0.3, -0.25) is 0 Å². The second-order valence-electron chi connectivity index (χ2n) is 6.74. The van der Waals surface area contributed by atoms with Crippen LogP contribution >= 0.6 is 0 Å². The van der Waals surface area contributed by atoms with E-state index in [-0.39, 0.29) is 6.03 Å². The third-order valence-corrected chi connectivity index (χ3v) is 4.50. The van der Waals surface area contributed by atoms with Crippen LogP contribution in [0.1, 0.15) is 24.5 Å². The normalized spacial score (nSPS) is 16.2. The monoisotopic (exact) mass is 349 g/mol. The molecule has 1 N–H and O–H groups in total. The SMILES string of the molecule is C[C@H]1CCN(C(=O)Nc2cccc(COc3ccc(CC#N)cc3)c2)C1. The van der Waals surface area contributed by atoms with Gasteiger partial charge >= 0.3 is 6.03 Å². The van der Waals surface area contributed by atoms with Gasteiger partial charge in [0.15, 0.2) is 0 Å². The maximum atomic E-state index is 12.3. The van der Waals surface area contributed by atoms with Crippen LogP contribution in [0, 0.1) is 17.2 Å². The minimum Gasteiger partial charge on any atom is -0.489 e. The summed E-state index contributed by atoms with van der Waals surface area (Å²) in [5.74, 6) is 1.33. The zero-order valence-electron chi connectivity index (χ0n) is 14.9. The summed E-state index contributed by atoms with van der Waals surface area (Å²) in [5, 5.41) is 11.7.